The van der Waals surface area contributed by atoms with Crippen molar-refractivity contribution in [2.45, 2.75) is 341 Å². The highest BCUT2D eigenvalue weighted by molar-refractivity contribution is 5.71. The molecule has 470 valence electrons. The zero-order valence-electron chi connectivity index (χ0n) is 54.0. The van der Waals surface area contributed by atoms with Crippen LogP contribution in [0.25, 0.3) is 0 Å². The molecule has 6 heteroatoms. The van der Waals surface area contributed by atoms with Gasteiger partial charge in [-0.1, -0.05) is 310 Å². The molecular weight excluding hydrogens is 1010 g/mol. The van der Waals surface area contributed by atoms with Crippen LogP contribution in [0.1, 0.15) is 335 Å². The quantitative estimate of drug-likeness (QED) is 0.0261. The van der Waals surface area contributed by atoms with Crippen LogP contribution in [0.15, 0.2) is 109 Å². The highest BCUT2D eigenvalue weighted by Gasteiger charge is 2.19. The molecule has 0 aromatic carbocycles. The van der Waals surface area contributed by atoms with Crippen molar-refractivity contribution in [1.82, 2.24) is 0 Å². The van der Waals surface area contributed by atoms with E-state index in [9.17, 15) is 14.4 Å². The van der Waals surface area contributed by atoms with Crippen molar-refractivity contribution in [1.29, 1.82) is 0 Å². The number of allylic oxidation sites excluding steroid dienone is 18. The molecule has 0 aliphatic heterocycles. The number of hydrogen-bond donors (Lipinski definition) is 0. The Morgan fingerprint density at radius 3 is 0.817 bits per heavy atom. The van der Waals surface area contributed by atoms with Gasteiger partial charge in [0.2, 0.25) is 0 Å². The standard InChI is InChI=1S/C76H130O6/c1-4-7-10-13-16-19-22-25-28-31-33-34-35-36-37-38-39-40-41-42-44-45-48-51-54-57-60-63-66-69-75(78)81-72-73(71-80-74(77)68-65-62-59-56-53-50-47-30-27-24-21-18-15-12-9-6-3)82-76(79)70-67-64-61-58-55-52-49-46-43-32-29-26-23-20-17-14-11-8-5-2/h8,11,17,20-21,24,26,29-31,33,43,46-47,52,55,61,64,73H,4-7,9-10,12-16,18-19,22-23,25,27-28,32,34-42,44-45,48-51,53-54,56-60,62-63,65-72H2,1-3H3/b11-8-,20-17-,24-21-,29-26-,33-31-,46-43-,47-30-,55-52-,64-61-. The first-order valence-corrected chi connectivity index (χ1v) is 34.9. The Kier molecular flexibility index (Phi) is 66.2. The maximum absolute atomic E-state index is 12.9. The molecule has 6 nitrogen and oxygen atoms in total. The Morgan fingerprint density at radius 1 is 0.256 bits per heavy atom. The highest BCUT2D eigenvalue weighted by Crippen LogP contribution is 2.17. The van der Waals surface area contributed by atoms with Gasteiger partial charge in [-0.15, -0.1) is 0 Å². The van der Waals surface area contributed by atoms with Crippen LogP contribution < -0.4 is 0 Å². The van der Waals surface area contributed by atoms with Gasteiger partial charge in [-0.2, -0.15) is 0 Å². The normalized spacial score (nSPS) is 12.8. The molecule has 1 unspecified atom stereocenters. The predicted molar refractivity (Wildman–Crippen MR) is 357 cm³/mol. The zero-order chi connectivity index (χ0) is 59.2. The third-order valence-corrected chi connectivity index (χ3v) is 15.0. The van der Waals surface area contributed by atoms with Crippen LogP contribution in [-0.2, 0) is 28.6 Å². The molecule has 82 heavy (non-hydrogen) atoms. The smallest absolute Gasteiger partial charge is 0.306 e. The van der Waals surface area contributed by atoms with Crippen LogP contribution in [0.3, 0.4) is 0 Å². The molecule has 0 aromatic heterocycles. The number of ether oxygens (including phenoxy) is 3. The molecule has 0 rings (SSSR count). The van der Waals surface area contributed by atoms with Gasteiger partial charge in [0, 0.05) is 19.3 Å². The van der Waals surface area contributed by atoms with E-state index in [-0.39, 0.29) is 31.6 Å². The summed E-state index contributed by atoms with van der Waals surface area (Å²) in [6, 6.07) is 0. The van der Waals surface area contributed by atoms with Gasteiger partial charge in [-0.05, 0) is 116 Å². The van der Waals surface area contributed by atoms with Crippen LogP contribution in [0, 0.1) is 0 Å². The monoisotopic (exact) mass is 1140 g/mol. The average molecular weight is 1140 g/mol. The molecule has 0 spiro atoms. The zero-order valence-corrected chi connectivity index (χ0v) is 54.0. The van der Waals surface area contributed by atoms with Gasteiger partial charge in [-0.25, -0.2) is 0 Å². The summed E-state index contributed by atoms with van der Waals surface area (Å²) < 4.78 is 16.9. The Morgan fingerprint density at radius 2 is 0.500 bits per heavy atom. The number of hydrogen-bond acceptors (Lipinski definition) is 6. The number of rotatable bonds is 63. The predicted octanol–water partition coefficient (Wildman–Crippen LogP) is 24.2. The van der Waals surface area contributed by atoms with Crippen LogP contribution in [0.5, 0.6) is 0 Å². The third kappa shape index (κ3) is 66.9. The molecule has 0 fully saturated rings. The fourth-order valence-corrected chi connectivity index (χ4v) is 9.79. The molecule has 0 aromatic rings. The third-order valence-electron chi connectivity index (χ3n) is 15.0. The number of carbonyl (C=O) groups excluding carboxylic acids is 3. The molecule has 0 aliphatic carbocycles. The number of carbonyl (C=O) groups is 3. The van der Waals surface area contributed by atoms with E-state index in [0.29, 0.717) is 19.3 Å². The van der Waals surface area contributed by atoms with Crippen molar-refractivity contribution >= 4 is 17.9 Å². The summed E-state index contributed by atoms with van der Waals surface area (Å²) >= 11 is 0. The molecule has 1 atom stereocenters. The molecule has 0 aliphatic rings. The minimum atomic E-state index is -0.827. The lowest BCUT2D eigenvalue weighted by Crippen LogP contribution is -2.30. The van der Waals surface area contributed by atoms with Gasteiger partial charge in [-0.3, -0.25) is 14.4 Å². The summed E-state index contributed by atoms with van der Waals surface area (Å²) in [6.07, 6.45) is 95.6. The average Bonchev–Trinajstić information content (AvgIpc) is 3.47. The van der Waals surface area contributed by atoms with Crippen molar-refractivity contribution in [2.75, 3.05) is 13.2 Å². The van der Waals surface area contributed by atoms with E-state index in [1.807, 2.05) is 6.08 Å². The maximum atomic E-state index is 12.9. The van der Waals surface area contributed by atoms with Gasteiger partial charge < -0.3 is 14.2 Å². The first kappa shape index (κ1) is 78.1. The van der Waals surface area contributed by atoms with Gasteiger partial charge in [0.25, 0.3) is 0 Å². The largest absolute Gasteiger partial charge is 0.462 e. The van der Waals surface area contributed by atoms with E-state index < -0.39 is 12.1 Å². The molecule has 0 saturated heterocycles. The van der Waals surface area contributed by atoms with Crippen molar-refractivity contribution in [2.24, 2.45) is 0 Å². The van der Waals surface area contributed by atoms with Gasteiger partial charge in [0.05, 0.1) is 0 Å². The lowest BCUT2D eigenvalue weighted by molar-refractivity contribution is -0.166. The van der Waals surface area contributed by atoms with E-state index in [1.165, 1.54) is 186 Å². The first-order chi connectivity index (χ1) is 40.5. The van der Waals surface area contributed by atoms with E-state index in [1.54, 1.807) is 0 Å². The fourth-order valence-electron chi connectivity index (χ4n) is 9.79. The lowest BCUT2D eigenvalue weighted by atomic mass is 10.0. The molecule has 0 heterocycles. The van der Waals surface area contributed by atoms with Crippen LogP contribution in [-0.4, -0.2) is 37.2 Å². The Hall–Kier alpha value is -3.93. The SMILES string of the molecule is CC/C=C\C/C=C\C/C=C\C/C=C\C/C=C\C/C=C\CCC(=O)OC(COC(=O)CCCCCCC/C=C\C/C=C\CCCCCC)COC(=O)CCCCCCCCCCCCCCCCCCC/C=C\CCCCCCCCCC. The van der Waals surface area contributed by atoms with Gasteiger partial charge in [0.15, 0.2) is 6.10 Å². The van der Waals surface area contributed by atoms with E-state index >= 15 is 0 Å². The number of unbranched alkanes of at least 4 members (excludes halogenated alkanes) is 34. The summed E-state index contributed by atoms with van der Waals surface area (Å²) in [6.45, 7) is 6.47. The minimum Gasteiger partial charge on any atom is -0.462 e. The van der Waals surface area contributed by atoms with Crippen LogP contribution in [0.2, 0.25) is 0 Å². The molecule has 0 N–H and O–H groups in total. The highest BCUT2D eigenvalue weighted by atomic mass is 16.6. The van der Waals surface area contributed by atoms with E-state index in [4.69, 9.17) is 14.2 Å². The Labute approximate surface area is 508 Å². The molecule has 0 amide bonds. The lowest BCUT2D eigenvalue weighted by Gasteiger charge is -2.18. The van der Waals surface area contributed by atoms with E-state index in [2.05, 4.69) is 124 Å². The fraction of sp³-hybridized carbons (Fsp3) is 0.724. The van der Waals surface area contributed by atoms with Crippen LogP contribution >= 0.6 is 0 Å². The maximum Gasteiger partial charge on any atom is 0.306 e. The summed E-state index contributed by atoms with van der Waals surface area (Å²) in [7, 11) is 0. The number of esters is 3. The molecule has 0 bridgehead atoms. The Balaban J connectivity index is 4.36. The Bertz CT molecular complexity index is 1640. The summed E-state index contributed by atoms with van der Waals surface area (Å²) in [5.41, 5.74) is 0. The molecule has 0 saturated carbocycles. The van der Waals surface area contributed by atoms with Crippen molar-refractivity contribution in [3.05, 3.63) is 109 Å². The summed E-state index contributed by atoms with van der Waals surface area (Å²) in [5, 5.41) is 0. The second-order valence-corrected chi connectivity index (χ2v) is 23.1. The second kappa shape index (κ2) is 69.6. The second-order valence-electron chi connectivity index (χ2n) is 23.1. The van der Waals surface area contributed by atoms with Crippen molar-refractivity contribution in [3.8, 4) is 0 Å². The minimum absolute atomic E-state index is 0.112. The van der Waals surface area contributed by atoms with Crippen molar-refractivity contribution in [3.63, 3.8) is 0 Å². The van der Waals surface area contributed by atoms with Gasteiger partial charge in [0.1, 0.15) is 13.2 Å². The topological polar surface area (TPSA) is 78.9 Å². The molecular formula is C76H130O6. The summed E-state index contributed by atoms with van der Waals surface area (Å²) in [5.74, 6) is -1.00. The van der Waals surface area contributed by atoms with Crippen LogP contribution in [0.4, 0.5) is 0 Å². The summed E-state index contributed by atoms with van der Waals surface area (Å²) in [4.78, 5) is 38.4. The van der Waals surface area contributed by atoms with Crippen molar-refractivity contribution < 1.29 is 28.6 Å². The first-order valence-electron chi connectivity index (χ1n) is 34.9. The van der Waals surface area contributed by atoms with E-state index in [0.717, 1.165) is 103 Å². The molecule has 0 radical (unpaired) electrons. The van der Waals surface area contributed by atoms with Gasteiger partial charge >= 0.3 is 17.9 Å².